The molecule has 0 aromatic carbocycles. The van der Waals surface area contributed by atoms with Crippen LogP contribution in [0.2, 0.25) is 0 Å². The van der Waals surface area contributed by atoms with Crippen molar-refractivity contribution in [1.82, 2.24) is 9.88 Å². The van der Waals surface area contributed by atoms with Gasteiger partial charge in [-0.15, -0.1) is 0 Å². The van der Waals surface area contributed by atoms with Crippen molar-refractivity contribution in [3.8, 4) is 5.75 Å². The molecule has 0 saturated carbocycles. The molecule has 1 saturated heterocycles. The summed E-state index contributed by atoms with van der Waals surface area (Å²) in [6, 6.07) is 3.83. The molecule has 0 radical (unpaired) electrons. The number of ether oxygens (including phenoxy) is 1. The van der Waals surface area contributed by atoms with Crippen LogP contribution in [0.5, 0.6) is 5.75 Å². The first-order chi connectivity index (χ1) is 9.22. The minimum Gasteiger partial charge on any atom is -0.497 e. The molecule has 19 heavy (non-hydrogen) atoms. The van der Waals surface area contributed by atoms with Gasteiger partial charge in [-0.2, -0.15) is 0 Å². The fraction of sp³-hybridized carbons (Fsp3) is 0.643. The number of β-amino-alcohol motifs (C(OH)–C–C–N with tert-alkyl or cyclic N) is 1. The van der Waals surface area contributed by atoms with Crippen molar-refractivity contribution < 1.29 is 9.84 Å². The fourth-order valence-electron chi connectivity index (χ4n) is 2.29. The second-order valence-corrected chi connectivity index (χ2v) is 4.90. The van der Waals surface area contributed by atoms with Gasteiger partial charge in [0.2, 0.25) is 0 Å². The lowest BCUT2D eigenvalue weighted by Gasteiger charge is -2.36. The summed E-state index contributed by atoms with van der Waals surface area (Å²) in [5.41, 5.74) is 0. The highest BCUT2D eigenvalue weighted by Gasteiger charge is 2.19. The third-order valence-corrected chi connectivity index (χ3v) is 3.59. The maximum absolute atomic E-state index is 9.68. The van der Waals surface area contributed by atoms with Crippen LogP contribution in [0.3, 0.4) is 0 Å². The number of aliphatic hydroxyl groups excluding tert-OH is 1. The molecule has 2 rings (SSSR count). The highest BCUT2D eigenvalue weighted by Crippen LogP contribution is 2.19. The van der Waals surface area contributed by atoms with Crippen LogP contribution in [0.15, 0.2) is 18.3 Å². The predicted octanol–water partition coefficient (Wildman–Crippen LogP) is 0.983. The topological polar surface area (TPSA) is 48.8 Å². The lowest BCUT2D eigenvalue weighted by atomic mass is 10.2. The van der Waals surface area contributed by atoms with Crippen molar-refractivity contribution in [2.45, 2.75) is 19.4 Å². The average Bonchev–Trinajstić information content (AvgIpc) is 2.48. The summed E-state index contributed by atoms with van der Waals surface area (Å²) >= 11 is 0. The van der Waals surface area contributed by atoms with E-state index in [4.69, 9.17) is 4.74 Å². The van der Waals surface area contributed by atoms with E-state index in [-0.39, 0.29) is 6.10 Å². The zero-order valence-electron chi connectivity index (χ0n) is 11.7. The lowest BCUT2D eigenvalue weighted by Crippen LogP contribution is -2.48. The van der Waals surface area contributed by atoms with E-state index in [2.05, 4.69) is 14.8 Å². The maximum Gasteiger partial charge on any atom is 0.132 e. The van der Waals surface area contributed by atoms with Gasteiger partial charge in [0.15, 0.2) is 0 Å². The molecular weight excluding hydrogens is 242 g/mol. The highest BCUT2D eigenvalue weighted by atomic mass is 16.5. The molecular formula is C14H23N3O2. The molecule has 1 aliphatic rings. The fourth-order valence-corrected chi connectivity index (χ4v) is 2.29. The van der Waals surface area contributed by atoms with Gasteiger partial charge in [-0.3, -0.25) is 4.90 Å². The van der Waals surface area contributed by atoms with Gasteiger partial charge in [-0.25, -0.2) is 4.98 Å². The van der Waals surface area contributed by atoms with E-state index in [0.717, 1.165) is 50.7 Å². The SMILES string of the molecule is CC[C@@H](O)CN1CCN(c2cc(OC)ccn2)CC1. The van der Waals surface area contributed by atoms with Crippen LogP contribution in [0.25, 0.3) is 0 Å². The largest absolute Gasteiger partial charge is 0.497 e. The van der Waals surface area contributed by atoms with Gasteiger partial charge in [0.05, 0.1) is 13.2 Å². The molecule has 1 aromatic rings. The van der Waals surface area contributed by atoms with E-state index in [1.165, 1.54) is 0 Å². The number of hydrogen-bond donors (Lipinski definition) is 1. The monoisotopic (exact) mass is 265 g/mol. The summed E-state index contributed by atoms with van der Waals surface area (Å²) in [6.45, 7) is 6.61. The molecule has 5 nitrogen and oxygen atoms in total. The quantitative estimate of drug-likeness (QED) is 0.860. The Morgan fingerprint density at radius 1 is 1.37 bits per heavy atom. The number of rotatable bonds is 5. The Morgan fingerprint density at radius 3 is 2.74 bits per heavy atom. The predicted molar refractivity (Wildman–Crippen MR) is 75.7 cm³/mol. The van der Waals surface area contributed by atoms with Crippen molar-refractivity contribution in [3.63, 3.8) is 0 Å². The van der Waals surface area contributed by atoms with Crippen LogP contribution in [0.4, 0.5) is 5.82 Å². The Bertz CT molecular complexity index is 392. The van der Waals surface area contributed by atoms with Crippen molar-refractivity contribution >= 4 is 5.82 Å². The maximum atomic E-state index is 9.68. The molecule has 5 heteroatoms. The van der Waals surface area contributed by atoms with Gasteiger partial charge in [0.25, 0.3) is 0 Å². The highest BCUT2D eigenvalue weighted by molar-refractivity contribution is 5.43. The Labute approximate surface area is 114 Å². The standard InChI is InChI=1S/C14H23N3O2/c1-3-12(18)11-16-6-8-17(9-7-16)14-10-13(19-2)4-5-15-14/h4-5,10,12,18H,3,6-9,11H2,1-2H3/t12-/m1/s1. The number of methoxy groups -OCH3 is 1. The van der Waals surface area contributed by atoms with E-state index in [1.807, 2.05) is 19.1 Å². The number of aromatic nitrogens is 1. The zero-order chi connectivity index (χ0) is 13.7. The minimum atomic E-state index is -0.207. The number of anilines is 1. The smallest absolute Gasteiger partial charge is 0.132 e. The van der Waals surface area contributed by atoms with Gasteiger partial charge < -0.3 is 14.7 Å². The first-order valence-corrected chi connectivity index (χ1v) is 6.88. The summed E-state index contributed by atoms with van der Waals surface area (Å²) < 4.78 is 5.22. The van der Waals surface area contributed by atoms with Crippen LogP contribution in [-0.4, -0.2) is 60.9 Å². The summed E-state index contributed by atoms with van der Waals surface area (Å²) in [5.74, 6) is 1.81. The second-order valence-electron chi connectivity index (χ2n) is 4.90. The molecule has 1 atom stereocenters. The Morgan fingerprint density at radius 2 is 2.11 bits per heavy atom. The van der Waals surface area contributed by atoms with Gasteiger partial charge in [0.1, 0.15) is 11.6 Å². The molecule has 0 bridgehead atoms. The van der Waals surface area contributed by atoms with Crippen molar-refractivity contribution in [3.05, 3.63) is 18.3 Å². The molecule has 106 valence electrons. The van der Waals surface area contributed by atoms with E-state index < -0.39 is 0 Å². The minimum absolute atomic E-state index is 0.207. The zero-order valence-corrected chi connectivity index (χ0v) is 11.7. The molecule has 1 aliphatic heterocycles. The lowest BCUT2D eigenvalue weighted by molar-refractivity contribution is 0.106. The molecule has 0 amide bonds. The molecule has 0 aliphatic carbocycles. The molecule has 1 N–H and O–H groups in total. The Balaban J connectivity index is 1.88. The van der Waals surface area contributed by atoms with Crippen LogP contribution < -0.4 is 9.64 Å². The van der Waals surface area contributed by atoms with E-state index in [1.54, 1.807) is 13.3 Å². The average molecular weight is 265 g/mol. The van der Waals surface area contributed by atoms with E-state index in [0.29, 0.717) is 0 Å². The number of aliphatic hydroxyl groups is 1. The first kappa shape index (κ1) is 14.1. The molecule has 1 fully saturated rings. The molecule has 0 unspecified atom stereocenters. The van der Waals surface area contributed by atoms with Crippen LogP contribution in [0, 0.1) is 0 Å². The molecule has 0 spiro atoms. The molecule has 2 heterocycles. The van der Waals surface area contributed by atoms with Gasteiger partial charge >= 0.3 is 0 Å². The third-order valence-electron chi connectivity index (χ3n) is 3.59. The normalized spacial score (nSPS) is 18.4. The third kappa shape index (κ3) is 3.81. The number of hydrogen-bond acceptors (Lipinski definition) is 5. The van der Waals surface area contributed by atoms with Crippen LogP contribution in [-0.2, 0) is 0 Å². The van der Waals surface area contributed by atoms with Gasteiger partial charge in [-0.05, 0) is 12.5 Å². The summed E-state index contributed by atoms with van der Waals surface area (Å²) in [4.78, 5) is 8.96. The molecule has 1 aromatic heterocycles. The van der Waals surface area contributed by atoms with Crippen molar-refractivity contribution in [2.75, 3.05) is 44.7 Å². The van der Waals surface area contributed by atoms with E-state index in [9.17, 15) is 5.11 Å². The first-order valence-electron chi connectivity index (χ1n) is 6.88. The van der Waals surface area contributed by atoms with E-state index >= 15 is 0 Å². The number of nitrogens with zero attached hydrogens (tertiary/aromatic N) is 3. The van der Waals surface area contributed by atoms with Crippen LogP contribution >= 0.6 is 0 Å². The van der Waals surface area contributed by atoms with Gasteiger partial charge in [0, 0.05) is 45.0 Å². The number of piperazine rings is 1. The Hall–Kier alpha value is -1.33. The van der Waals surface area contributed by atoms with Crippen molar-refractivity contribution in [2.24, 2.45) is 0 Å². The van der Waals surface area contributed by atoms with Crippen LogP contribution in [0.1, 0.15) is 13.3 Å². The number of pyridine rings is 1. The second kappa shape index (κ2) is 6.73. The van der Waals surface area contributed by atoms with Crippen molar-refractivity contribution in [1.29, 1.82) is 0 Å². The summed E-state index contributed by atoms with van der Waals surface area (Å²) in [5, 5.41) is 9.68. The summed E-state index contributed by atoms with van der Waals surface area (Å²) in [7, 11) is 1.67. The summed E-state index contributed by atoms with van der Waals surface area (Å²) in [6.07, 6.45) is 2.39. The van der Waals surface area contributed by atoms with Gasteiger partial charge in [-0.1, -0.05) is 6.92 Å². The Kier molecular flexibility index (Phi) is 4.99.